The van der Waals surface area contributed by atoms with E-state index in [1.807, 2.05) is 37.8 Å². The maximum Gasteiger partial charge on any atom is 0.411 e. The van der Waals surface area contributed by atoms with Crippen molar-refractivity contribution in [1.82, 2.24) is 10.2 Å². The first-order valence-corrected chi connectivity index (χ1v) is 15.2. The van der Waals surface area contributed by atoms with E-state index in [-0.39, 0.29) is 17.0 Å². The summed E-state index contributed by atoms with van der Waals surface area (Å²) in [5.41, 5.74) is 10.6. The first-order chi connectivity index (χ1) is 19.2. The first-order valence-electron chi connectivity index (χ1n) is 15.2. The SMILES string of the molecule is CCCCCc1cc(CC(NC(=O)OC(C)(C)C)C2CN(C3(c4cccc(C(C)(C)C)c4)CC3)C(=O)O2)ccc1N. The van der Waals surface area contributed by atoms with Crippen LogP contribution >= 0.6 is 0 Å². The lowest BCUT2D eigenvalue weighted by Gasteiger charge is -2.29. The summed E-state index contributed by atoms with van der Waals surface area (Å²) in [6.07, 6.45) is 5.22. The second-order valence-electron chi connectivity index (χ2n) is 13.8. The number of aryl methyl sites for hydroxylation is 1. The lowest BCUT2D eigenvalue weighted by atomic mass is 9.85. The highest BCUT2D eigenvalue weighted by Crippen LogP contribution is 2.53. The van der Waals surface area contributed by atoms with E-state index >= 15 is 0 Å². The van der Waals surface area contributed by atoms with Crippen LogP contribution in [-0.2, 0) is 33.3 Å². The highest BCUT2D eigenvalue weighted by Gasteiger charge is 2.56. The van der Waals surface area contributed by atoms with Crippen LogP contribution in [0.2, 0.25) is 0 Å². The highest BCUT2D eigenvalue weighted by molar-refractivity contribution is 5.73. The predicted octanol–water partition coefficient (Wildman–Crippen LogP) is 7.24. The third-order valence-electron chi connectivity index (χ3n) is 8.20. The molecule has 3 N–H and O–H groups in total. The lowest BCUT2D eigenvalue weighted by Crippen LogP contribution is -2.48. The van der Waals surface area contributed by atoms with Gasteiger partial charge in [0.05, 0.1) is 18.1 Å². The number of rotatable bonds is 10. The van der Waals surface area contributed by atoms with E-state index in [0.29, 0.717) is 13.0 Å². The number of nitrogens with two attached hydrogens (primary N) is 1. The number of unbranched alkanes of at least 4 members (excludes halogenated alkanes) is 2. The summed E-state index contributed by atoms with van der Waals surface area (Å²) in [6, 6.07) is 14.2. The fourth-order valence-electron chi connectivity index (χ4n) is 5.71. The largest absolute Gasteiger partial charge is 0.444 e. The normalized spacial score (nSPS) is 19.0. The molecule has 2 fully saturated rings. The Bertz CT molecular complexity index is 1240. The number of ether oxygens (including phenoxy) is 2. The molecule has 1 saturated carbocycles. The van der Waals surface area contributed by atoms with Crippen LogP contribution < -0.4 is 11.1 Å². The molecule has 224 valence electrons. The molecule has 0 spiro atoms. The zero-order chi connectivity index (χ0) is 30.0. The van der Waals surface area contributed by atoms with Gasteiger partial charge in [-0.1, -0.05) is 76.9 Å². The molecule has 0 radical (unpaired) electrons. The van der Waals surface area contributed by atoms with Crippen molar-refractivity contribution in [1.29, 1.82) is 0 Å². The lowest BCUT2D eigenvalue weighted by molar-refractivity contribution is 0.0436. The summed E-state index contributed by atoms with van der Waals surface area (Å²) in [5, 5.41) is 3.04. The Morgan fingerprint density at radius 2 is 1.85 bits per heavy atom. The van der Waals surface area contributed by atoms with Crippen molar-refractivity contribution in [2.24, 2.45) is 0 Å². The molecule has 2 atom stereocenters. The average Bonchev–Trinajstić information content (AvgIpc) is 3.59. The highest BCUT2D eigenvalue weighted by atomic mass is 16.6. The van der Waals surface area contributed by atoms with Crippen LogP contribution in [0, 0.1) is 0 Å². The molecule has 0 aromatic heterocycles. The Morgan fingerprint density at radius 1 is 1.12 bits per heavy atom. The molecule has 1 aliphatic carbocycles. The Balaban J connectivity index is 1.57. The van der Waals surface area contributed by atoms with Gasteiger partial charge in [-0.05, 0) is 86.6 Å². The maximum atomic E-state index is 13.4. The van der Waals surface area contributed by atoms with Gasteiger partial charge >= 0.3 is 12.2 Å². The second-order valence-corrected chi connectivity index (χ2v) is 13.8. The molecule has 41 heavy (non-hydrogen) atoms. The van der Waals surface area contributed by atoms with E-state index in [0.717, 1.165) is 60.9 Å². The van der Waals surface area contributed by atoms with Crippen LogP contribution in [0.15, 0.2) is 42.5 Å². The monoisotopic (exact) mass is 563 g/mol. The van der Waals surface area contributed by atoms with Gasteiger partial charge in [-0.25, -0.2) is 9.59 Å². The van der Waals surface area contributed by atoms with Crippen molar-refractivity contribution in [3.63, 3.8) is 0 Å². The number of hydrogen-bond acceptors (Lipinski definition) is 5. The number of nitrogens with zero attached hydrogens (tertiary/aromatic N) is 1. The molecule has 0 bridgehead atoms. The van der Waals surface area contributed by atoms with Crippen molar-refractivity contribution in [2.75, 3.05) is 12.3 Å². The number of nitrogen functional groups attached to an aromatic ring is 1. The minimum atomic E-state index is -0.642. The van der Waals surface area contributed by atoms with Gasteiger partial charge < -0.3 is 20.5 Å². The van der Waals surface area contributed by atoms with E-state index in [9.17, 15) is 9.59 Å². The van der Waals surface area contributed by atoms with Crippen molar-refractivity contribution < 1.29 is 19.1 Å². The van der Waals surface area contributed by atoms with Gasteiger partial charge in [-0.15, -0.1) is 0 Å². The summed E-state index contributed by atoms with van der Waals surface area (Å²) in [5.74, 6) is 0. The van der Waals surface area contributed by atoms with Gasteiger partial charge in [0.1, 0.15) is 11.7 Å². The Kier molecular flexibility index (Phi) is 8.95. The smallest absolute Gasteiger partial charge is 0.411 e. The number of cyclic esters (lactones) is 1. The first kappa shape index (κ1) is 30.7. The number of carbonyl (C=O) groups is 2. The number of anilines is 1. The molecule has 2 amide bonds. The maximum absolute atomic E-state index is 13.4. The summed E-state index contributed by atoms with van der Waals surface area (Å²) in [7, 11) is 0. The van der Waals surface area contributed by atoms with Gasteiger partial charge in [-0.2, -0.15) is 0 Å². The fraction of sp³-hybridized carbons (Fsp3) is 0.588. The molecular weight excluding hydrogens is 514 g/mol. The van der Waals surface area contributed by atoms with Crippen molar-refractivity contribution in [2.45, 2.75) is 122 Å². The quantitative estimate of drug-likeness (QED) is 0.235. The van der Waals surface area contributed by atoms with E-state index in [1.54, 1.807) is 0 Å². The summed E-state index contributed by atoms with van der Waals surface area (Å²) in [6.45, 7) is 14.7. The molecule has 1 saturated heterocycles. The van der Waals surface area contributed by atoms with Crippen LogP contribution in [0.25, 0.3) is 0 Å². The standard InChI is InChI=1S/C34H49N3O4/c1-8-9-10-12-24-19-23(15-16-27(24)35)20-28(36-30(38)41-33(5,6)7)29-22-37(31(39)40-29)34(17-18-34)26-14-11-13-25(21-26)32(2,3)4/h11,13-16,19,21,28-29H,8-10,12,17-18,20,22,35H2,1-7H3,(H,36,38). The summed E-state index contributed by atoms with van der Waals surface area (Å²) in [4.78, 5) is 28.2. The number of benzene rings is 2. The fourth-order valence-corrected chi connectivity index (χ4v) is 5.71. The zero-order valence-electron chi connectivity index (χ0n) is 26.0. The van der Waals surface area contributed by atoms with Crippen LogP contribution in [0.1, 0.15) is 103 Å². The molecule has 2 aliphatic rings. The molecule has 7 heteroatoms. The summed E-state index contributed by atoms with van der Waals surface area (Å²) < 4.78 is 11.6. The molecule has 4 rings (SSSR count). The van der Waals surface area contributed by atoms with Gasteiger partial charge in [0, 0.05) is 5.69 Å². The zero-order valence-corrected chi connectivity index (χ0v) is 26.0. The van der Waals surface area contributed by atoms with Crippen LogP contribution in [0.3, 0.4) is 0 Å². The number of nitrogens with one attached hydrogen (secondary N) is 1. The summed E-state index contributed by atoms with van der Waals surface area (Å²) >= 11 is 0. The number of amides is 2. The molecule has 1 aliphatic heterocycles. The van der Waals surface area contributed by atoms with E-state index in [4.69, 9.17) is 15.2 Å². The molecule has 7 nitrogen and oxygen atoms in total. The predicted molar refractivity (Wildman–Crippen MR) is 164 cm³/mol. The Hall–Kier alpha value is -3.22. The molecule has 2 aromatic carbocycles. The van der Waals surface area contributed by atoms with Gasteiger partial charge in [0.15, 0.2) is 0 Å². The number of hydrogen-bond donors (Lipinski definition) is 2. The third-order valence-corrected chi connectivity index (χ3v) is 8.20. The number of carbonyl (C=O) groups excluding carboxylic acids is 2. The Morgan fingerprint density at radius 3 is 2.49 bits per heavy atom. The average molecular weight is 564 g/mol. The minimum Gasteiger partial charge on any atom is -0.444 e. The van der Waals surface area contributed by atoms with Gasteiger partial charge in [0.2, 0.25) is 0 Å². The molecule has 2 aromatic rings. The second kappa shape index (κ2) is 11.9. The molecular formula is C34H49N3O4. The van der Waals surface area contributed by atoms with Gasteiger partial charge in [0.25, 0.3) is 0 Å². The van der Waals surface area contributed by atoms with Crippen molar-refractivity contribution in [3.8, 4) is 0 Å². The molecule has 2 unspecified atom stereocenters. The van der Waals surface area contributed by atoms with Crippen molar-refractivity contribution in [3.05, 3.63) is 64.7 Å². The van der Waals surface area contributed by atoms with E-state index in [1.165, 1.54) is 5.56 Å². The minimum absolute atomic E-state index is 0.0110. The van der Waals surface area contributed by atoms with E-state index < -0.39 is 23.8 Å². The van der Waals surface area contributed by atoms with Gasteiger partial charge in [-0.3, -0.25) is 4.90 Å². The third kappa shape index (κ3) is 7.55. The van der Waals surface area contributed by atoms with Crippen LogP contribution in [-0.4, -0.2) is 41.4 Å². The Labute approximate surface area is 246 Å². The number of alkyl carbamates (subject to hydrolysis) is 1. The molecule has 1 heterocycles. The topological polar surface area (TPSA) is 93.9 Å². The van der Waals surface area contributed by atoms with Crippen LogP contribution in [0.5, 0.6) is 0 Å². The van der Waals surface area contributed by atoms with E-state index in [2.05, 4.69) is 63.3 Å². The van der Waals surface area contributed by atoms with Crippen LogP contribution in [0.4, 0.5) is 15.3 Å². The van der Waals surface area contributed by atoms with Crippen molar-refractivity contribution >= 4 is 17.9 Å².